The van der Waals surface area contributed by atoms with E-state index in [1.807, 2.05) is 53.8 Å². The monoisotopic (exact) mass is 684 g/mol. The van der Waals surface area contributed by atoms with Gasteiger partial charge in [-0.3, -0.25) is 0 Å². The average Bonchev–Trinajstić information content (AvgIpc) is 3.92. The van der Waals surface area contributed by atoms with Gasteiger partial charge in [-0.2, -0.15) is 0 Å². The van der Waals surface area contributed by atoms with Crippen LogP contribution in [0.1, 0.15) is 0 Å². The summed E-state index contributed by atoms with van der Waals surface area (Å²) in [6.45, 7) is 0. The highest BCUT2D eigenvalue weighted by molar-refractivity contribution is 7.26. The smallest absolute Gasteiger partial charge is 0.227 e. The van der Waals surface area contributed by atoms with Crippen LogP contribution >= 0.6 is 11.3 Å². The molecule has 5 heteroatoms. The van der Waals surface area contributed by atoms with Gasteiger partial charge in [0.2, 0.25) is 5.89 Å². The second kappa shape index (κ2) is 11.4. The molecule has 244 valence electrons. The molecule has 3 heterocycles. The zero-order chi connectivity index (χ0) is 34.2. The largest absolute Gasteiger partial charge is 0.456 e. The van der Waals surface area contributed by atoms with Crippen molar-refractivity contribution in [2.45, 2.75) is 0 Å². The molecule has 0 aliphatic rings. The Morgan fingerprint density at radius 2 is 1.17 bits per heavy atom. The molecular formula is C47H28N2O2S. The van der Waals surface area contributed by atoms with E-state index in [0.717, 1.165) is 55.7 Å². The number of thiophene rings is 1. The first-order valence-electron chi connectivity index (χ1n) is 17.4. The molecule has 11 rings (SSSR count). The molecule has 0 atom stereocenters. The minimum Gasteiger partial charge on any atom is -0.456 e. The van der Waals surface area contributed by atoms with Crippen molar-refractivity contribution >= 4 is 92.4 Å². The molecule has 52 heavy (non-hydrogen) atoms. The summed E-state index contributed by atoms with van der Waals surface area (Å²) in [5.41, 5.74) is 9.67. The number of anilines is 3. The van der Waals surface area contributed by atoms with E-state index in [1.54, 1.807) is 0 Å². The summed E-state index contributed by atoms with van der Waals surface area (Å²) in [6, 6.07) is 59.8. The Bertz CT molecular complexity index is 3130. The van der Waals surface area contributed by atoms with Gasteiger partial charge in [-0.05, 0) is 94.7 Å². The number of aromatic nitrogens is 1. The molecular weight excluding hydrogens is 657 g/mol. The molecule has 0 radical (unpaired) electrons. The molecule has 0 spiro atoms. The van der Waals surface area contributed by atoms with E-state index in [9.17, 15) is 0 Å². The third-order valence-electron chi connectivity index (χ3n) is 10.1. The maximum atomic E-state index is 6.44. The molecule has 0 aliphatic heterocycles. The molecule has 0 unspecified atom stereocenters. The minimum atomic E-state index is 0.595. The zero-order valence-corrected chi connectivity index (χ0v) is 28.6. The first-order valence-corrected chi connectivity index (χ1v) is 18.2. The number of hydrogen-bond acceptors (Lipinski definition) is 5. The maximum Gasteiger partial charge on any atom is 0.227 e. The van der Waals surface area contributed by atoms with Crippen LogP contribution < -0.4 is 4.90 Å². The van der Waals surface area contributed by atoms with Gasteiger partial charge in [0.15, 0.2) is 5.58 Å². The number of nitrogens with zero attached hydrogens (tertiary/aromatic N) is 2. The van der Waals surface area contributed by atoms with Crippen LogP contribution in [0.4, 0.5) is 17.1 Å². The first-order chi connectivity index (χ1) is 25.8. The van der Waals surface area contributed by atoms with Gasteiger partial charge in [-0.15, -0.1) is 11.3 Å². The van der Waals surface area contributed by atoms with Gasteiger partial charge in [-0.25, -0.2) is 4.98 Å². The van der Waals surface area contributed by atoms with E-state index in [-0.39, 0.29) is 0 Å². The standard InChI is InChI=1S/C47H28N2O2S/c1-2-11-31(12-3-1)47-48-46-41(51-47)27-26-40-45(46)37-28-33(24-25-39(37)50-40)49(38-17-9-19-43-44(38)36-15-6-7-18-42(36)52-43)32-22-20-30(21-23-32)35-16-8-13-29-10-4-5-14-34(29)35/h1-28H. The summed E-state index contributed by atoms with van der Waals surface area (Å²) in [5, 5.41) is 6.92. The number of hydrogen-bond donors (Lipinski definition) is 0. The van der Waals surface area contributed by atoms with Crippen LogP contribution in [0.2, 0.25) is 0 Å². The molecule has 0 aliphatic carbocycles. The molecule has 0 N–H and O–H groups in total. The van der Waals surface area contributed by atoms with Crippen molar-refractivity contribution in [3.63, 3.8) is 0 Å². The van der Waals surface area contributed by atoms with E-state index in [2.05, 4.69) is 132 Å². The molecule has 0 fully saturated rings. The second-order valence-electron chi connectivity index (χ2n) is 13.1. The predicted molar refractivity (Wildman–Crippen MR) is 217 cm³/mol. The third-order valence-corrected chi connectivity index (χ3v) is 11.2. The van der Waals surface area contributed by atoms with Gasteiger partial charge in [-0.1, -0.05) is 97.1 Å². The summed E-state index contributed by atoms with van der Waals surface area (Å²) < 4.78 is 15.3. The lowest BCUT2D eigenvalue weighted by Gasteiger charge is -2.27. The van der Waals surface area contributed by atoms with E-state index in [4.69, 9.17) is 13.8 Å². The number of fused-ring (bicyclic) bond motifs is 9. The molecule has 11 aromatic rings. The summed E-state index contributed by atoms with van der Waals surface area (Å²) in [6.07, 6.45) is 0. The van der Waals surface area contributed by atoms with Crippen molar-refractivity contribution in [2.75, 3.05) is 4.90 Å². The van der Waals surface area contributed by atoms with E-state index >= 15 is 0 Å². The molecule has 4 nitrogen and oxygen atoms in total. The van der Waals surface area contributed by atoms with Crippen molar-refractivity contribution in [1.29, 1.82) is 0 Å². The van der Waals surface area contributed by atoms with Crippen molar-refractivity contribution in [1.82, 2.24) is 4.98 Å². The Labute approximate surface area is 302 Å². The summed E-state index contributed by atoms with van der Waals surface area (Å²) in [5.74, 6) is 0.595. The van der Waals surface area contributed by atoms with Gasteiger partial charge >= 0.3 is 0 Å². The quantitative estimate of drug-likeness (QED) is 0.181. The van der Waals surface area contributed by atoms with Gasteiger partial charge in [0.25, 0.3) is 0 Å². The van der Waals surface area contributed by atoms with E-state index in [1.165, 1.54) is 42.1 Å². The molecule has 0 saturated carbocycles. The Hall–Kier alpha value is -6.69. The number of furan rings is 1. The van der Waals surface area contributed by atoms with Gasteiger partial charge in [0.05, 0.1) is 11.1 Å². The van der Waals surface area contributed by atoms with Crippen molar-refractivity contribution < 1.29 is 8.83 Å². The van der Waals surface area contributed by atoms with Crippen molar-refractivity contribution in [3.8, 4) is 22.6 Å². The summed E-state index contributed by atoms with van der Waals surface area (Å²) in [4.78, 5) is 7.39. The average molecular weight is 685 g/mol. The normalized spacial score (nSPS) is 11.8. The zero-order valence-electron chi connectivity index (χ0n) is 27.8. The third kappa shape index (κ3) is 4.50. The number of oxazole rings is 1. The highest BCUT2D eigenvalue weighted by atomic mass is 32.1. The van der Waals surface area contributed by atoms with Gasteiger partial charge in [0.1, 0.15) is 16.7 Å². The van der Waals surface area contributed by atoms with Crippen molar-refractivity contribution in [2.24, 2.45) is 0 Å². The van der Waals surface area contributed by atoms with E-state index in [0.29, 0.717) is 5.89 Å². The maximum absolute atomic E-state index is 6.44. The molecule has 8 aromatic carbocycles. The number of benzene rings is 8. The lowest BCUT2D eigenvalue weighted by atomic mass is 9.98. The van der Waals surface area contributed by atoms with Crippen LogP contribution in [0.5, 0.6) is 0 Å². The summed E-state index contributed by atoms with van der Waals surface area (Å²) in [7, 11) is 0. The minimum absolute atomic E-state index is 0.595. The molecule has 0 amide bonds. The summed E-state index contributed by atoms with van der Waals surface area (Å²) >= 11 is 1.83. The van der Waals surface area contributed by atoms with Crippen LogP contribution in [0.25, 0.3) is 86.6 Å². The van der Waals surface area contributed by atoms with Gasteiger partial charge in [0, 0.05) is 42.5 Å². The van der Waals surface area contributed by atoms with Crippen LogP contribution in [-0.2, 0) is 0 Å². The fourth-order valence-electron chi connectivity index (χ4n) is 7.72. The van der Waals surface area contributed by atoms with Crippen LogP contribution in [0, 0.1) is 0 Å². The lowest BCUT2D eigenvalue weighted by Crippen LogP contribution is -2.10. The molecule has 3 aromatic heterocycles. The van der Waals surface area contributed by atoms with Gasteiger partial charge < -0.3 is 13.7 Å². The highest BCUT2D eigenvalue weighted by Crippen LogP contribution is 2.47. The topological polar surface area (TPSA) is 42.4 Å². The van der Waals surface area contributed by atoms with Crippen LogP contribution in [0.15, 0.2) is 179 Å². The Morgan fingerprint density at radius 3 is 2.08 bits per heavy atom. The predicted octanol–water partition coefficient (Wildman–Crippen LogP) is 14.1. The Kier molecular flexibility index (Phi) is 6.39. The molecule has 0 bridgehead atoms. The lowest BCUT2D eigenvalue weighted by molar-refractivity contribution is 0.619. The fraction of sp³-hybridized carbons (Fsp3) is 0. The first kappa shape index (κ1) is 29.1. The Morgan fingerprint density at radius 1 is 0.462 bits per heavy atom. The van der Waals surface area contributed by atoms with Crippen LogP contribution in [0.3, 0.4) is 0 Å². The molecule has 0 saturated heterocycles. The number of rotatable bonds is 5. The van der Waals surface area contributed by atoms with Crippen molar-refractivity contribution in [3.05, 3.63) is 170 Å². The highest BCUT2D eigenvalue weighted by Gasteiger charge is 2.22. The van der Waals surface area contributed by atoms with E-state index < -0.39 is 0 Å². The SMILES string of the molecule is c1ccc(-c2nc3c(ccc4oc5ccc(N(c6ccc(-c7cccc8ccccc78)cc6)c6cccc7sc8ccccc8c67)cc5c43)o2)cc1. The van der Waals surface area contributed by atoms with Crippen LogP contribution in [-0.4, -0.2) is 4.98 Å². The second-order valence-corrected chi connectivity index (χ2v) is 14.2. The fourth-order valence-corrected chi connectivity index (χ4v) is 8.85. The Balaban J connectivity index is 1.14.